The maximum atomic E-state index is 12.6. The summed E-state index contributed by atoms with van der Waals surface area (Å²) in [5, 5.41) is 0. The van der Waals surface area contributed by atoms with E-state index >= 15 is 0 Å². The van der Waals surface area contributed by atoms with Crippen LogP contribution in [0.1, 0.15) is 18.1 Å². The summed E-state index contributed by atoms with van der Waals surface area (Å²) in [4.78, 5) is 0. The van der Waals surface area contributed by atoms with Crippen molar-refractivity contribution in [3.8, 4) is 11.1 Å². The van der Waals surface area contributed by atoms with Gasteiger partial charge in [-0.25, -0.2) is 0 Å². The van der Waals surface area contributed by atoms with Crippen LogP contribution in [-0.4, -0.2) is 0 Å². The molecule has 0 atom stereocenters. The third kappa shape index (κ3) is 2.55. The van der Waals surface area contributed by atoms with Gasteiger partial charge in [0.2, 0.25) is 0 Å². The fourth-order valence-corrected chi connectivity index (χ4v) is 1.96. The summed E-state index contributed by atoms with van der Waals surface area (Å²) in [6, 6.07) is 13.4. The maximum absolute atomic E-state index is 12.6. The van der Waals surface area contributed by atoms with E-state index in [9.17, 15) is 13.2 Å². The first-order valence-corrected chi connectivity index (χ1v) is 5.78. The number of rotatable bonds is 2. The highest BCUT2D eigenvalue weighted by Gasteiger charge is 2.30. The lowest BCUT2D eigenvalue weighted by Gasteiger charge is -2.12. The second-order valence-electron chi connectivity index (χ2n) is 4.09. The molecule has 0 nitrogen and oxygen atoms in total. The summed E-state index contributed by atoms with van der Waals surface area (Å²) in [6.45, 7) is 1.86. The number of benzene rings is 2. The third-order valence-corrected chi connectivity index (χ3v) is 2.90. The zero-order valence-corrected chi connectivity index (χ0v) is 9.96. The molecule has 0 unspecified atom stereocenters. The second-order valence-corrected chi connectivity index (χ2v) is 4.09. The van der Waals surface area contributed by atoms with Gasteiger partial charge < -0.3 is 0 Å². The Hall–Kier alpha value is -1.77. The van der Waals surface area contributed by atoms with Crippen LogP contribution in [0.25, 0.3) is 11.1 Å². The largest absolute Gasteiger partial charge is 0.416 e. The van der Waals surface area contributed by atoms with Crippen LogP contribution < -0.4 is 0 Å². The van der Waals surface area contributed by atoms with Crippen molar-refractivity contribution in [1.29, 1.82) is 0 Å². The van der Waals surface area contributed by atoms with Crippen LogP contribution >= 0.6 is 0 Å². The molecule has 2 aromatic rings. The SMILES string of the molecule is CCc1cc(C(F)(F)F)ccc1-c1ccccc1. The van der Waals surface area contributed by atoms with Gasteiger partial charge in [-0.3, -0.25) is 0 Å². The molecule has 18 heavy (non-hydrogen) atoms. The highest BCUT2D eigenvalue weighted by atomic mass is 19.4. The molecule has 0 aliphatic rings. The van der Waals surface area contributed by atoms with Crippen LogP contribution in [0, 0.1) is 0 Å². The van der Waals surface area contributed by atoms with E-state index in [2.05, 4.69) is 0 Å². The van der Waals surface area contributed by atoms with Crippen molar-refractivity contribution in [2.75, 3.05) is 0 Å². The number of aryl methyl sites for hydroxylation is 1. The van der Waals surface area contributed by atoms with E-state index < -0.39 is 11.7 Å². The summed E-state index contributed by atoms with van der Waals surface area (Å²) < 4.78 is 37.9. The van der Waals surface area contributed by atoms with Gasteiger partial charge in [0.25, 0.3) is 0 Å². The summed E-state index contributed by atoms with van der Waals surface area (Å²) in [7, 11) is 0. The smallest absolute Gasteiger partial charge is 0.166 e. The van der Waals surface area contributed by atoms with Crippen molar-refractivity contribution in [1.82, 2.24) is 0 Å². The quantitative estimate of drug-likeness (QED) is 0.708. The van der Waals surface area contributed by atoms with Crippen LogP contribution in [0.5, 0.6) is 0 Å². The maximum Gasteiger partial charge on any atom is 0.416 e. The highest BCUT2D eigenvalue weighted by molar-refractivity contribution is 5.67. The Morgan fingerprint density at radius 2 is 1.61 bits per heavy atom. The number of hydrogen-bond donors (Lipinski definition) is 0. The molecule has 0 heterocycles. The lowest BCUT2D eigenvalue weighted by molar-refractivity contribution is -0.137. The van der Waals surface area contributed by atoms with Gasteiger partial charge in [-0.1, -0.05) is 43.3 Å². The van der Waals surface area contributed by atoms with E-state index in [0.29, 0.717) is 6.42 Å². The van der Waals surface area contributed by atoms with Gasteiger partial charge in [-0.05, 0) is 35.2 Å². The normalized spacial score (nSPS) is 11.6. The van der Waals surface area contributed by atoms with Gasteiger partial charge in [0, 0.05) is 0 Å². The first-order valence-electron chi connectivity index (χ1n) is 5.78. The summed E-state index contributed by atoms with van der Waals surface area (Å²) in [5.41, 5.74) is 1.95. The second kappa shape index (κ2) is 4.84. The molecule has 0 saturated heterocycles. The zero-order valence-electron chi connectivity index (χ0n) is 9.96. The van der Waals surface area contributed by atoms with E-state index in [-0.39, 0.29) is 0 Å². The Morgan fingerprint density at radius 3 is 2.17 bits per heavy atom. The fourth-order valence-electron chi connectivity index (χ4n) is 1.96. The Kier molecular flexibility index (Phi) is 3.41. The minimum atomic E-state index is -4.28. The lowest BCUT2D eigenvalue weighted by atomic mass is 9.96. The summed E-state index contributed by atoms with van der Waals surface area (Å²) in [6.07, 6.45) is -3.70. The molecule has 2 aromatic carbocycles. The number of halogens is 3. The monoisotopic (exact) mass is 250 g/mol. The average molecular weight is 250 g/mol. The molecule has 0 aliphatic heterocycles. The van der Waals surface area contributed by atoms with Gasteiger partial charge in [0.15, 0.2) is 0 Å². The predicted molar refractivity (Wildman–Crippen MR) is 66.3 cm³/mol. The molecule has 0 saturated carbocycles. The van der Waals surface area contributed by atoms with Gasteiger partial charge in [-0.15, -0.1) is 0 Å². The van der Waals surface area contributed by atoms with Crippen LogP contribution in [0.2, 0.25) is 0 Å². The van der Waals surface area contributed by atoms with E-state index in [4.69, 9.17) is 0 Å². The van der Waals surface area contributed by atoms with E-state index in [1.807, 2.05) is 37.3 Å². The van der Waals surface area contributed by atoms with Crippen molar-refractivity contribution in [3.05, 3.63) is 59.7 Å². The minimum Gasteiger partial charge on any atom is -0.166 e. The van der Waals surface area contributed by atoms with Gasteiger partial charge in [0.05, 0.1) is 5.56 Å². The van der Waals surface area contributed by atoms with Crippen molar-refractivity contribution >= 4 is 0 Å². The third-order valence-electron chi connectivity index (χ3n) is 2.90. The topological polar surface area (TPSA) is 0 Å². The van der Waals surface area contributed by atoms with E-state index in [1.165, 1.54) is 6.07 Å². The van der Waals surface area contributed by atoms with Crippen LogP contribution in [0.4, 0.5) is 13.2 Å². The van der Waals surface area contributed by atoms with E-state index in [0.717, 1.165) is 22.8 Å². The minimum absolute atomic E-state index is 0.578. The van der Waals surface area contributed by atoms with Crippen molar-refractivity contribution in [3.63, 3.8) is 0 Å². The van der Waals surface area contributed by atoms with Crippen molar-refractivity contribution in [2.24, 2.45) is 0 Å². The van der Waals surface area contributed by atoms with Crippen molar-refractivity contribution < 1.29 is 13.2 Å². The highest BCUT2D eigenvalue weighted by Crippen LogP contribution is 2.33. The van der Waals surface area contributed by atoms with Gasteiger partial charge in [0.1, 0.15) is 0 Å². The lowest BCUT2D eigenvalue weighted by Crippen LogP contribution is -2.05. The first-order chi connectivity index (χ1) is 8.52. The Balaban J connectivity index is 2.51. The molecule has 0 aliphatic carbocycles. The summed E-state index contributed by atoms with van der Waals surface area (Å²) in [5.74, 6) is 0. The van der Waals surface area contributed by atoms with Gasteiger partial charge in [-0.2, -0.15) is 13.2 Å². The Labute approximate surface area is 104 Å². The predicted octanol–water partition coefficient (Wildman–Crippen LogP) is 4.93. The molecule has 0 radical (unpaired) electrons. The molecule has 0 aromatic heterocycles. The van der Waals surface area contributed by atoms with Crippen molar-refractivity contribution in [2.45, 2.75) is 19.5 Å². The van der Waals surface area contributed by atoms with Crippen LogP contribution in [0.15, 0.2) is 48.5 Å². The number of hydrogen-bond acceptors (Lipinski definition) is 0. The molecule has 0 spiro atoms. The van der Waals surface area contributed by atoms with Gasteiger partial charge >= 0.3 is 6.18 Å². The fraction of sp³-hybridized carbons (Fsp3) is 0.200. The molecule has 0 amide bonds. The zero-order chi connectivity index (χ0) is 13.2. The molecule has 0 N–H and O–H groups in total. The van der Waals surface area contributed by atoms with Crippen LogP contribution in [-0.2, 0) is 12.6 Å². The molecule has 0 bridgehead atoms. The molecular weight excluding hydrogens is 237 g/mol. The Bertz CT molecular complexity index is 527. The Morgan fingerprint density at radius 1 is 0.944 bits per heavy atom. The summed E-state index contributed by atoms with van der Waals surface area (Å²) >= 11 is 0. The molecule has 0 fully saturated rings. The number of alkyl halides is 3. The molecule has 3 heteroatoms. The first kappa shape index (κ1) is 12.7. The van der Waals surface area contributed by atoms with E-state index in [1.54, 1.807) is 6.07 Å². The standard InChI is InChI=1S/C15H13F3/c1-2-11-10-13(15(16,17)18)8-9-14(11)12-6-4-3-5-7-12/h3-10H,2H2,1H3. The average Bonchev–Trinajstić information content (AvgIpc) is 2.38. The van der Waals surface area contributed by atoms with Crippen LogP contribution in [0.3, 0.4) is 0 Å². The molecular formula is C15H13F3. The molecule has 2 rings (SSSR count). The molecule has 94 valence electrons.